The topological polar surface area (TPSA) is 96.0 Å². The summed E-state index contributed by atoms with van der Waals surface area (Å²) >= 11 is 6.41. The molecule has 0 aromatic heterocycles. The minimum Gasteiger partial charge on any atom is -0.495 e. The lowest BCUT2D eigenvalue weighted by Crippen LogP contribution is -2.54. The fourth-order valence-corrected chi connectivity index (χ4v) is 7.10. The van der Waals surface area contributed by atoms with Crippen LogP contribution in [0.4, 0.5) is 5.69 Å². The maximum absolute atomic E-state index is 14.2. The van der Waals surface area contributed by atoms with E-state index in [9.17, 15) is 18.0 Å². The number of ether oxygens (including phenoxy) is 1. The number of benzene rings is 3. The predicted molar refractivity (Wildman–Crippen MR) is 170 cm³/mol. The Morgan fingerprint density at radius 3 is 2.30 bits per heavy atom. The van der Waals surface area contributed by atoms with Crippen LogP contribution in [-0.4, -0.2) is 57.4 Å². The summed E-state index contributed by atoms with van der Waals surface area (Å²) in [6.07, 6.45) is 4.86. The SMILES string of the molecule is CC[C@@H](C(=O)NC1CCCC1)N(CCc1ccccc1)C(=O)CN(c1ccc(OC)c(Cl)c1)S(=O)(=O)c1ccc(C)cc1. The van der Waals surface area contributed by atoms with E-state index >= 15 is 0 Å². The van der Waals surface area contributed by atoms with Gasteiger partial charge in [-0.05, 0) is 68.5 Å². The molecule has 43 heavy (non-hydrogen) atoms. The van der Waals surface area contributed by atoms with Gasteiger partial charge in [-0.25, -0.2) is 8.42 Å². The van der Waals surface area contributed by atoms with Gasteiger partial charge in [-0.1, -0.05) is 79.4 Å². The quantitative estimate of drug-likeness (QED) is 0.261. The third kappa shape index (κ3) is 8.09. The van der Waals surface area contributed by atoms with Crippen LogP contribution in [-0.2, 0) is 26.0 Å². The number of aryl methyl sites for hydroxylation is 1. The first-order valence-corrected chi connectivity index (χ1v) is 16.5. The molecule has 1 saturated carbocycles. The van der Waals surface area contributed by atoms with E-state index in [2.05, 4.69) is 5.32 Å². The number of carbonyl (C=O) groups excluding carboxylic acids is 2. The smallest absolute Gasteiger partial charge is 0.264 e. The molecule has 230 valence electrons. The maximum atomic E-state index is 14.2. The Bertz CT molecular complexity index is 1490. The van der Waals surface area contributed by atoms with E-state index < -0.39 is 28.5 Å². The molecule has 0 radical (unpaired) electrons. The lowest BCUT2D eigenvalue weighted by molar-refractivity contribution is -0.139. The highest BCUT2D eigenvalue weighted by molar-refractivity contribution is 7.92. The number of hydrogen-bond donors (Lipinski definition) is 1. The molecule has 3 aromatic carbocycles. The summed E-state index contributed by atoms with van der Waals surface area (Å²) in [6, 6.07) is 20.1. The first-order valence-electron chi connectivity index (χ1n) is 14.7. The van der Waals surface area contributed by atoms with Gasteiger partial charge in [0.1, 0.15) is 18.3 Å². The fraction of sp³-hybridized carbons (Fsp3) is 0.394. The molecule has 1 N–H and O–H groups in total. The van der Waals surface area contributed by atoms with Gasteiger partial charge in [0, 0.05) is 12.6 Å². The van der Waals surface area contributed by atoms with Gasteiger partial charge >= 0.3 is 0 Å². The lowest BCUT2D eigenvalue weighted by Gasteiger charge is -2.34. The van der Waals surface area contributed by atoms with Crippen molar-refractivity contribution in [2.24, 2.45) is 0 Å². The zero-order valence-electron chi connectivity index (χ0n) is 25.0. The van der Waals surface area contributed by atoms with E-state index in [1.807, 2.05) is 44.2 Å². The van der Waals surface area contributed by atoms with Crippen LogP contribution in [0.15, 0.2) is 77.7 Å². The number of anilines is 1. The molecule has 2 amide bonds. The predicted octanol–water partition coefficient (Wildman–Crippen LogP) is 5.76. The van der Waals surface area contributed by atoms with E-state index in [0.29, 0.717) is 18.6 Å². The van der Waals surface area contributed by atoms with E-state index in [-0.39, 0.29) is 34.1 Å². The van der Waals surface area contributed by atoms with Gasteiger partial charge in [-0.3, -0.25) is 13.9 Å². The Morgan fingerprint density at radius 2 is 1.70 bits per heavy atom. The average Bonchev–Trinajstić information content (AvgIpc) is 3.51. The molecule has 0 aliphatic heterocycles. The van der Waals surface area contributed by atoms with Crippen LogP contribution < -0.4 is 14.4 Å². The zero-order chi connectivity index (χ0) is 31.0. The number of carbonyl (C=O) groups is 2. The highest BCUT2D eigenvalue weighted by atomic mass is 35.5. The third-order valence-corrected chi connectivity index (χ3v) is 9.97. The molecule has 4 rings (SSSR count). The fourth-order valence-electron chi connectivity index (χ4n) is 5.44. The maximum Gasteiger partial charge on any atom is 0.264 e. The van der Waals surface area contributed by atoms with Gasteiger partial charge in [-0.2, -0.15) is 0 Å². The molecule has 0 spiro atoms. The largest absolute Gasteiger partial charge is 0.495 e. The molecule has 0 unspecified atom stereocenters. The zero-order valence-corrected chi connectivity index (χ0v) is 26.5. The Hall–Kier alpha value is -3.56. The van der Waals surface area contributed by atoms with Crippen molar-refractivity contribution in [3.63, 3.8) is 0 Å². The van der Waals surface area contributed by atoms with Gasteiger partial charge in [0.25, 0.3) is 10.0 Å². The molecule has 0 bridgehead atoms. The number of hydrogen-bond acceptors (Lipinski definition) is 5. The summed E-state index contributed by atoms with van der Waals surface area (Å²) in [5, 5.41) is 3.34. The first kappa shape index (κ1) is 32.4. The van der Waals surface area contributed by atoms with Gasteiger partial charge in [0.05, 0.1) is 22.7 Å². The monoisotopic (exact) mass is 625 g/mol. The molecular formula is C33H40ClN3O5S. The number of nitrogens with one attached hydrogen (secondary N) is 1. The van der Waals surface area contributed by atoms with Gasteiger partial charge in [-0.15, -0.1) is 0 Å². The lowest BCUT2D eigenvalue weighted by atomic mass is 10.1. The van der Waals surface area contributed by atoms with E-state index in [4.69, 9.17) is 16.3 Å². The van der Waals surface area contributed by atoms with E-state index in [0.717, 1.165) is 41.1 Å². The van der Waals surface area contributed by atoms with Crippen molar-refractivity contribution >= 4 is 39.1 Å². The summed E-state index contributed by atoms with van der Waals surface area (Å²) in [5.41, 5.74) is 2.13. The van der Waals surface area contributed by atoms with E-state index in [1.165, 1.54) is 30.2 Å². The van der Waals surface area contributed by atoms with Gasteiger partial charge in [0.15, 0.2) is 0 Å². The number of halogens is 1. The van der Waals surface area contributed by atoms with E-state index in [1.54, 1.807) is 24.3 Å². The number of methoxy groups -OCH3 is 1. The Kier molecular flexibility index (Phi) is 11.1. The van der Waals surface area contributed by atoms with Gasteiger partial charge in [0.2, 0.25) is 11.8 Å². The highest BCUT2D eigenvalue weighted by Gasteiger charge is 2.34. The first-order chi connectivity index (χ1) is 20.6. The van der Waals surface area contributed by atoms with Crippen LogP contribution in [0.25, 0.3) is 0 Å². The number of amides is 2. The summed E-state index contributed by atoms with van der Waals surface area (Å²) in [5.74, 6) is -0.313. The molecule has 8 nitrogen and oxygen atoms in total. The summed E-state index contributed by atoms with van der Waals surface area (Å²) in [7, 11) is -2.72. The molecule has 3 aromatic rings. The minimum absolute atomic E-state index is 0.0414. The number of nitrogens with zero attached hydrogens (tertiary/aromatic N) is 2. The van der Waals surface area contributed by atoms with Crippen LogP contribution in [0.3, 0.4) is 0 Å². The van der Waals surface area contributed by atoms with Crippen LogP contribution in [0.1, 0.15) is 50.2 Å². The minimum atomic E-state index is -4.19. The van der Waals surface area contributed by atoms with Crippen molar-refractivity contribution < 1.29 is 22.7 Å². The molecule has 1 fully saturated rings. The summed E-state index contributed by atoms with van der Waals surface area (Å²) in [4.78, 5) is 29.3. The van der Waals surface area contributed by atoms with Crippen LogP contribution in [0.5, 0.6) is 5.75 Å². The molecule has 1 aliphatic carbocycles. The molecule has 1 aliphatic rings. The normalized spacial score (nSPS) is 14.2. The summed E-state index contributed by atoms with van der Waals surface area (Å²) in [6.45, 7) is 3.47. The van der Waals surface area contributed by atoms with Crippen LogP contribution in [0, 0.1) is 6.92 Å². The van der Waals surface area contributed by atoms with Crippen molar-refractivity contribution in [3.8, 4) is 5.75 Å². The Balaban J connectivity index is 1.70. The number of sulfonamides is 1. The second-order valence-electron chi connectivity index (χ2n) is 10.9. The van der Waals surface area contributed by atoms with Gasteiger partial charge < -0.3 is 15.0 Å². The standard InChI is InChI=1S/C33H40ClN3O5S/c1-4-30(33(39)35-26-12-8-9-13-26)36(21-20-25-10-6-5-7-11-25)32(38)23-37(27-16-19-31(42-3)29(34)22-27)43(40,41)28-17-14-24(2)15-18-28/h5-7,10-11,14-19,22,26,30H,4,8-9,12-13,20-21,23H2,1-3H3,(H,35,39)/t30-/m0/s1. The second kappa shape index (κ2) is 14.8. The van der Waals surface area contributed by atoms with Crippen LogP contribution in [0.2, 0.25) is 5.02 Å². The highest BCUT2D eigenvalue weighted by Crippen LogP contribution is 2.32. The third-order valence-electron chi connectivity index (χ3n) is 7.88. The molecule has 1 atom stereocenters. The van der Waals surface area contributed by atoms with Crippen molar-refractivity contribution in [1.29, 1.82) is 0 Å². The number of rotatable bonds is 13. The second-order valence-corrected chi connectivity index (χ2v) is 13.1. The molecule has 0 heterocycles. The summed E-state index contributed by atoms with van der Waals surface area (Å²) < 4.78 is 34.4. The molecule has 0 saturated heterocycles. The van der Waals surface area contributed by atoms with Crippen molar-refractivity contribution in [2.75, 3.05) is 24.5 Å². The Morgan fingerprint density at radius 1 is 1.02 bits per heavy atom. The van der Waals surface area contributed by atoms with Crippen molar-refractivity contribution in [2.45, 2.75) is 69.4 Å². The van der Waals surface area contributed by atoms with Crippen molar-refractivity contribution in [3.05, 3.63) is 88.9 Å². The molecule has 10 heteroatoms. The van der Waals surface area contributed by atoms with Crippen LogP contribution >= 0.6 is 11.6 Å². The molecular weight excluding hydrogens is 586 g/mol. The Labute approximate surface area is 260 Å². The average molecular weight is 626 g/mol. The van der Waals surface area contributed by atoms with Crippen molar-refractivity contribution in [1.82, 2.24) is 10.2 Å².